The number of Topliss-reactive ketones (excluding diaryl/α,β-unsaturated/α-hetero) is 1. The topological polar surface area (TPSA) is 73.2 Å². The molecule has 0 bridgehead atoms. The van der Waals surface area contributed by atoms with Gasteiger partial charge in [0.15, 0.2) is 5.78 Å². The smallest absolute Gasteiger partial charge is 0.339 e. The molecule has 1 N–H and O–H groups in total. The maximum Gasteiger partial charge on any atom is 0.339 e. The van der Waals surface area contributed by atoms with E-state index >= 15 is 0 Å². The largest absolute Gasteiger partial charge is 0.462 e. The quantitative estimate of drug-likeness (QED) is 0.681. The third-order valence-corrected chi connectivity index (χ3v) is 5.07. The Kier molecular flexibility index (Phi) is 4.88. The van der Waals surface area contributed by atoms with E-state index in [-0.39, 0.29) is 29.2 Å². The zero-order valence-electron chi connectivity index (χ0n) is 16.1. The normalized spacial score (nSPS) is 18.1. The van der Waals surface area contributed by atoms with E-state index in [9.17, 15) is 14.0 Å². The number of nitrogens with one attached hydrogen (secondary N) is 1. The average molecular weight is 393 g/mol. The van der Waals surface area contributed by atoms with Crippen molar-refractivity contribution in [1.29, 1.82) is 0 Å². The molecule has 29 heavy (non-hydrogen) atoms. The van der Waals surface area contributed by atoms with Gasteiger partial charge in [0.25, 0.3) is 0 Å². The second-order valence-electron chi connectivity index (χ2n) is 6.87. The molecular formula is C22H20FN3O3. The number of aryl methyl sites for hydroxylation is 1. The molecule has 2 atom stereocenters. The van der Waals surface area contributed by atoms with Crippen molar-refractivity contribution in [3.05, 3.63) is 83.2 Å². The molecule has 0 amide bonds. The van der Waals surface area contributed by atoms with Crippen LogP contribution in [0.25, 0.3) is 0 Å². The van der Waals surface area contributed by atoms with Crippen LogP contribution in [-0.4, -0.2) is 27.9 Å². The molecule has 148 valence electrons. The number of hydrogen-bond acceptors (Lipinski definition) is 5. The number of ether oxygens (including phenoxy) is 1. The van der Waals surface area contributed by atoms with Crippen molar-refractivity contribution in [2.75, 3.05) is 11.9 Å². The molecule has 4 rings (SSSR count). The number of esters is 1. The number of benzene rings is 2. The molecule has 2 aromatic carbocycles. The van der Waals surface area contributed by atoms with Crippen molar-refractivity contribution in [1.82, 2.24) is 9.55 Å². The summed E-state index contributed by atoms with van der Waals surface area (Å²) in [7, 11) is 1.84. The molecule has 0 radical (unpaired) electrons. The Bertz CT molecular complexity index is 1080. The number of hydrogen-bond donors (Lipinski definition) is 1. The Balaban J connectivity index is 1.92. The van der Waals surface area contributed by atoms with E-state index in [2.05, 4.69) is 10.3 Å². The second-order valence-corrected chi connectivity index (χ2v) is 6.87. The summed E-state index contributed by atoms with van der Waals surface area (Å²) >= 11 is 0. The molecule has 0 saturated carbocycles. The van der Waals surface area contributed by atoms with Gasteiger partial charge in [-0.05, 0) is 24.6 Å². The van der Waals surface area contributed by atoms with Gasteiger partial charge in [0.1, 0.15) is 11.6 Å². The molecule has 0 saturated heterocycles. The molecule has 6 nitrogen and oxygen atoms in total. The molecule has 0 aliphatic carbocycles. The van der Waals surface area contributed by atoms with Gasteiger partial charge >= 0.3 is 5.97 Å². The molecule has 1 aliphatic heterocycles. The highest BCUT2D eigenvalue weighted by Gasteiger charge is 2.41. The maximum absolute atomic E-state index is 14.3. The second kappa shape index (κ2) is 7.50. The molecule has 1 aliphatic rings. The van der Waals surface area contributed by atoms with Crippen molar-refractivity contribution in [3.63, 3.8) is 0 Å². The fraction of sp³-hybridized carbons (Fsp3) is 0.227. The third kappa shape index (κ3) is 3.29. The highest BCUT2D eigenvalue weighted by atomic mass is 19.1. The molecule has 0 spiro atoms. The van der Waals surface area contributed by atoms with E-state index in [1.54, 1.807) is 19.3 Å². The summed E-state index contributed by atoms with van der Waals surface area (Å²) in [6, 6.07) is 11.1. The van der Waals surface area contributed by atoms with Gasteiger partial charge in [-0.2, -0.15) is 0 Å². The van der Waals surface area contributed by atoms with Gasteiger partial charge in [-0.3, -0.25) is 4.79 Å². The molecule has 7 heteroatoms. The fourth-order valence-electron chi connectivity index (χ4n) is 3.81. The van der Waals surface area contributed by atoms with Crippen molar-refractivity contribution < 1.29 is 18.7 Å². The standard InChI is InChI=1S/C22H20FN3O3/c1-3-29-22(28)15-11-14(23)12-16-18(15)20(27)17(13-7-5-4-6-8-13)19(25-16)21-24-9-10-26(21)2/h4-12,17,19,25H,3H2,1-2H3. The van der Waals surface area contributed by atoms with Gasteiger partial charge in [-0.15, -0.1) is 0 Å². The summed E-state index contributed by atoms with van der Waals surface area (Å²) in [4.78, 5) is 30.5. The fourth-order valence-corrected chi connectivity index (χ4v) is 3.81. The lowest BCUT2D eigenvalue weighted by atomic mass is 9.79. The Morgan fingerprint density at radius 1 is 1.28 bits per heavy atom. The molecule has 1 aromatic heterocycles. The van der Waals surface area contributed by atoms with Gasteiger partial charge in [-0.1, -0.05) is 30.3 Å². The van der Waals surface area contributed by atoms with E-state index in [0.29, 0.717) is 5.82 Å². The number of nitrogens with zero attached hydrogens (tertiary/aromatic N) is 2. The first kappa shape index (κ1) is 18.9. The first-order valence-corrected chi connectivity index (χ1v) is 9.34. The van der Waals surface area contributed by atoms with E-state index in [0.717, 1.165) is 11.6 Å². The Labute approximate surface area is 167 Å². The van der Waals surface area contributed by atoms with Crippen molar-refractivity contribution in [3.8, 4) is 0 Å². The van der Waals surface area contributed by atoms with Crippen LogP contribution >= 0.6 is 0 Å². The van der Waals surface area contributed by atoms with Gasteiger partial charge in [0.05, 0.1) is 29.7 Å². The Morgan fingerprint density at radius 2 is 2.03 bits per heavy atom. The predicted octanol–water partition coefficient (Wildman–Crippen LogP) is 3.87. The number of anilines is 1. The molecule has 3 aromatic rings. The van der Waals surface area contributed by atoms with Crippen LogP contribution < -0.4 is 5.32 Å². The number of aromatic nitrogens is 2. The molecule has 0 fully saturated rings. The third-order valence-electron chi connectivity index (χ3n) is 5.07. The first-order chi connectivity index (χ1) is 14.0. The van der Waals surface area contributed by atoms with Crippen molar-refractivity contribution >= 4 is 17.4 Å². The van der Waals surface area contributed by atoms with Gasteiger partial charge in [0.2, 0.25) is 0 Å². The number of ketones is 1. The SMILES string of the molecule is CCOC(=O)c1cc(F)cc2c1C(=O)C(c1ccccc1)C(c1nccn1C)N2. The molecule has 2 heterocycles. The van der Waals surface area contributed by atoms with Crippen LogP contribution in [0.3, 0.4) is 0 Å². The van der Waals surface area contributed by atoms with Crippen LogP contribution in [0.5, 0.6) is 0 Å². The lowest BCUT2D eigenvalue weighted by molar-refractivity contribution is 0.0522. The van der Waals surface area contributed by atoms with Crippen LogP contribution in [-0.2, 0) is 11.8 Å². The van der Waals surface area contributed by atoms with E-state index in [1.807, 2.05) is 41.9 Å². The van der Waals surface area contributed by atoms with E-state index in [1.165, 1.54) is 6.07 Å². The number of carbonyl (C=O) groups excluding carboxylic acids is 2. The van der Waals surface area contributed by atoms with E-state index < -0.39 is 23.7 Å². The summed E-state index contributed by atoms with van der Waals surface area (Å²) in [5.41, 5.74) is 1.11. The van der Waals surface area contributed by atoms with Gasteiger partial charge in [0, 0.05) is 25.1 Å². The summed E-state index contributed by atoms with van der Waals surface area (Å²) < 4.78 is 21.1. The minimum atomic E-state index is -0.722. The van der Waals surface area contributed by atoms with Crippen LogP contribution in [0.15, 0.2) is 54.9 Å². The summed E-state index contributed by atoms with van der Waals surface area (Å²) in [5, 5.41) is 3.25. The first-order valence-electron chi connectivity index (χ1n) is 9.34. The molecule has 2 unspecified atom stereocenters. The number of imidazole rings is 1. The minimum absolute atomic E-state index is 0.0708. The van der Waals surface area contributed by atoms with Crippen LogP contribution in [0.2, 0.25) is 0 Å². The van der Waals surface area contributed by atoms with Crippen molar-refractivity contribution in [2.24, 2.45) is 7.05 Å². The molecular weight excluding hydrogens is 373 g/mol. The van der Waals surface area contributed by atoms with E-state index in [4.69, 9.17) is 4.74 Å². The highest BCUT2D eigenvalue weighted by Crippen LogP contribution is 2.43. The number of halogens is 1. The zero-order valence-corrected chi connectivity index (χ0v) is 16.1. The lowest BCUT2D eigenvalue weighted by Gasteiger charge is -2.34. The highest BCUT2D eigenvalue weighted by molar-refractivity contribution is 6.14. The number of rotatable bonds is 4. The Morgan fingerprint density at radius 3 is 2.69 bits per heavy atom. The van der Waals surface area contributed by atoms with Crippen molar-refractivity contribution in [2.45, 2.75) is 18.9 Å². The summed E-state index contributed by atoms with van der Waals surface area (Å²) in [5.74, 6) is -1.62. The average Bonchev–Trinajstić information content (AvgIpc) is 3.13. The van der Waals surface area contributed by atoms with Crippen LogP contribution in [0, 0.1) is 5.82 Å². The zero-order chi connectivity index (χ0) is 20.5. The number of fused-ring (bicyclic) bond motifs is 1. The summed E-state index contributed by atoms with van der Waals surface area (Å²) in [6.45, 7) is 1.79. The van der Waals surface area contributed by atoms with Gasteiger partial charge in [-0.25, -0.2) is 14.2 Å². The van der Waals surface area contributed by atoms with Gasteiger partial charge < -0.3 is 14.6 Å². The monoisotopic (exact) mass is 393 g/mol. The predicted molar refractivity (Wildman–Crippen MR) is 105 cm³/mol. The van der Waals surface area contributed by atoms with Crippen LogP contribution in [0.4, 0.5) is 10.1 Å². The minimum Gasteiger partial charge on any atom is -0.462 e. The maximum atomic E-state index is 14.3. The van der Waals surface area contributed by atoms with Crippen LogP contribution in [0.1, 0.15) is 51.0 Å². The summed E-state index contributed by atoms with van der Waals surface area (Å²) in [6.07, 6.45) is 3.43. The lowest BCUT2D eigenvalue weighted by Crippen LogP contribution is -2.35. The number of carbonyl (C=O) groups is 2. The Hall–Kier alpha value is -3.48.